The standard InChI is InChI=1S/C44H28O/c1-3-11-29(12-4-1)31-19-21-32(22-20-31)43-36-15-7-9-17-38(36)44(39-18-10-8-16-37(39)43)34-23-25-35-40-27-33(30-13-5-2-6-14-30)24-26-41(40)45-42(35)28-34/h1-28H/i1D,2D,3D,4D,5D,6D,11D,12D,13D,14D. The molecule has 0 N–H and O–H groups in total. The van der Waals surface area contributed by atoms with E-state index < -0.39 is 12.1 Å². The van der Waals surface area contributed by atoms with E-state index in [-0.39, 0.29) is 59.5 Å². The Balaban J connectivity index is 1.20. The Labute approximate surface area is 275 Å². The van der Waals surface area contributed by atoms with Crippen molar-refractivity contribution in [2.75, 3.05) is 0 Å². The predicted molar refractivity (Wildman–Crippen MR) is 190 cm³/mol. The minimum absolute atomic E-state index is 0.139. The van der Waals surface area contributed by atoms with Gasteiger partial charge in [0.25, 0.3) is 0 Å². The summed E-state index contributed by atoms with van der Waals surface area (Å²) in [4.78, 5) is 0. The molecule has 0 aliphatic heterocycles. The predicted octanol–water partition coefficient (Wildman–Crippen LogP) is 12.6. The third-order valence-corrected chi connectivity index (χ3v) is 8.44. The molecule has 45 heavy (non-hydrogen) atoms. The van der Waals surface area contributed by atoms with Crippen molar-refractivity contribution in [1.29, 1.82) is 0 Å². The summed E-state index contributed by atoms with van der Waals surface area (Å²) in [6, 6.07) is 31.9. The van der Waals surface area contributed by atoms with Gasteiger partial charge < -0.3 is 4.42 Å². The van der Waals surface area contributed by atoms with Gasteiger partial charge in [0, 0.05) is 10.8 Å². The number of benzene rings is 8. The summed E-state index contributed by atoms with van der Waals surface area (Å²) in [5, 5.41) is 5.66. The summed E-state index contributed by atoms with van der Waals surface area (Å²) in [6.45, 7) is 0. The molecule has 1 nitrogen and oxygen atoms in total. The number of fused-ring (bicyclic) bond motifs is 5. The normalized spacial score (nSPS) is 14.7. The zero-order valence-electron chi connectivity index (χ0n) is 33.8. The van der Waals surface area contributed by atoms with Gasteiger partial charge in [-0.1, -0.05) is 145 Å². The molecule has 0 spiro atoms. The minimum atomic E-state index is -0.431. The fraction of sp³-hybridized carbons (Fsp3) is 0. The van der Waals surface area contributed by atoms with Crippen molar-refractivity contribution in [2.24, 2.45) is 0 Å². The largest absolute Gasteiger partial charge is 0.456 e. The van der Waals surface area contributed by atoms with E-state index in [1.54, 1.807) is 24.3 Å². The summed E-state index contributed by atoms with van der Waals surface area (Å²) < 4.78 is 88.8. The molecule has 1 heteroatoms. The molecule has 1 heterocycles. The van der Waals surface area contributed by atoms with Gasteiger partial charge >= 0.3 is 0 Å². The minimum Gasteiger partial charge on any atom is -0.456 e. The van der Waals surface area contributed by atoms with Crippen LogP contribution < -0.4 is 0 Å². The van der Waals surface area contributed by atoms with E-state index in [2.05, 4.69) is 30.3 Å². The maximum atomic E-state index is 8.49. The van der Waals surface area contributed by atoms with Crippen LogP contribution in [-0.2, 0) is 0 Å². The summed E-state index contributed by atoms with van der Waals surface area (Å²) in [6.07, 6.45) is 0. The lowest BCUT2D eigenvalue weighted by Crippen LogP contribution is -1.91. The smallest absolute Gasteiger partial charge is 0.136 e. The molecule has 0 amide bonds. The molecule has 0 unspecified atom stereocenters. The molecule has 9 rings (SSSR count). The van der Waals surface area contributed by atoms with Crippen molar-refractivity contribution in [2.45, 2.75) is 0 Å². The Hall–Kier alpha value is -5.92. The molecule has 9 aromatic rings. The van der Waals surface area contributed by atoms with Crippen LogP contribution in [0.1, 0.15) is 13.7 Å². The monoisotopic (exact) mass is 582 g/mol. The Morgan fingerprint density at radius 2 is 0.822 bits per heavy atom. The first-order valence-corrected chi connectivity index (χ1v) is 14.6. The Bertz CT molecular complexity index is 2980. The van der Waals surface area contributed by atoms with Crippen molar-refractivity contribution in [3.8, 4) is 44.5 Å². The first-order chi connectivity index (χ1) is 26.5. The van der Waals surface area contributed by atoms with Crippen LogP contribution in [-0.4, -0.2) is 0 Å². The fourth-order valence-electron chi connectivity index (χ4n) is 6.43. The summed E-state index contributed by atoms with van der Waals surface area (Å²) in [5.74, 6) is 0. The van der Waals surface area contributed by atoms with Crippen LogP contribution in [0.5, 0.6) is 0 Å². The number of hydrogen-bond donors (Lipinski definition) is 0. The van der Waals surface area contributed by atoms with Crippen LogP contribution in [0.3, 0.4) is 0 Å². The lowest BCUT2D eigenvalue weighted by atomic mass is 9.85. The third kappa shape index (κ3) is 4.24. The maximum Gasteiger partial charge on any atom is 0.136 e. The average Bonchev–Trinajstić information content (AvgIpc) is 3.57. The first-order valence-electron chi connectivity index (χ1n) is 19.6. The first kappa shape index (κ1) is 17.4. The lowest BCUT2D eigenvalue weighted by molar-refractivity contribution is 0.669. The van der Waals surface area contributed by atoms with Gasteiger partial charge in [-0.2, -0.15) is 0 Å². The van der Waals surface area contributed by atoms with E-state index >= 15 is 0 Å². The van der Waals surface area contributed by atoms with Crippen LogP contribution in [0.2, 0.25) is 0 Å². The second kappa shape index (κ2) is 10.4. The molecule has 0 saturated heterocycles. The second-order valence-corrected chi connectivity index (χ2v) is 10.9. The van der Waals surface area contributed by atoms with Gasteiger partial charge in [-0.3, -0.25) is 0 Å². The van der Waals surface area contributed by atoms with E-state index in [1.807, 2.05) is 54.6 Å². The molecule has 8 aromatic carbocycles. The van der Waals surface area contributed by atoms with Gasteiger partial charge in [0.2, 0.25) is 0 Å². The highest BCUT2D eigenvalue weighted by atomic mass is 16.3. The maximum absolute atomic E-state index is 8.49. The quantitative estimate of drug-likeness (QED) is 0.188. The van der Waals surface area contributed by atoms with E-state index in [1.165, 1.54) is 0 Å². The van der Waals surface area contributed by atoms with Crippen molar-refractivity contribution in [1.82, 2.24) is 0 Å². The molecule has 0 fully saturated rings. The summed E-state index contributed by atoms with van der Waals surface area (Å²) >= 11 is 0. The zero-order chi connectivity index (χ0) is 38.4. The summed E-state index contributed by atoms with van der Waals surface area (Å²) in [5.41, 5.74) is 6.47. The van der Waals surface area contributed by atoms with Crippen molar-refractivity contribution < 1.29 is 18.1 Å². The lowest BCUT2D eigenvalue weighted by Gasteiger charge is -2.18. The molecule has 0 aliphatic carbocycles. The molecule has 0 bridgehead atoms. The number of rotatable bonds is 4. The Morgan fingerprint density at radius 3 is 1.42 bits per heavy atom. The highest BCUT2D eigenvalue weighted by Gasteiger charge is 2.18. The number of furan rings is 1. The molecule has 210 valence electrons. The topological polar surface area (TPSA) is 13.1 Å². The van der Waals surface area contributed by atoms with Gasteiger partial charge in [0.15, 0.2) is 0 Å². The van der Waals surface area contributed by atoms with Gasteiger partial charge in [-0.05, 0) is 90.3 Å². The SMILES string of the molecule is [2H]c1c([2H])c([2H])c(-c2ccc(-c3c4ccccc4c(-c4ccc5c(c4)oc4ccc(-c6c([2H])c([2H])c([2H])c([2H])c6[2H])cc45)c4ccccc34)cc2)c([2H])c1[2H]. The van der Waals surface area contributed by atoms with Crippen LogP contribution in [0.4, 0.5) is 0 Å². The van der Waals surface area contributed by atoms with E-state index in [0.717, 1.165) is 54.6 Å². The van der Waals surface area contributed by atoms with E-state index in [9.17, 15) is 0 Å². The molecule has 0 aliphatic rings. The zero-order valence-corrected chi connectivity index (χ0v) is 23.8. The Kier molecular flexibility index (Phi) is 4.01. The van der Waals surface area contributed by atoms with Gasteiger partial charge in [0.1, 0.15) is 11.2 Å². The van der Waals surface area contributed by atoms with Gasteiger partial charge in [-0.25, -0.2) is 0 Å². The van der Waals surface area contributed by atoms with E-state index in [0.29, 0.717) is 22.3 Å². The van der Waals surface area contributed by atoms with Crippen LogP contribution in [0.25, 0.3) is 88.0 Å². The molecule has 0 saturated carbocycles. The fourth-order valence-corrected chi connectivity index (χ4v) is 6.43. The highest BCUT2D eigenvalue weighted by Crippen LogP contribution is 2.45. The van der Waals surface area contributed by atoms with Crippen molar-refractivity contribution in [3.63, 3.8) is 0 Å². The molecular weight excluding hydrogens is 544 g/mol. The third-order valence-electron chi connectivity index (χ3n) is 8.44. The van der Waals surface area contributed by atoms with Crippen molar-refractivity contribution in [3.05, 3.63) is 170 Å². The average molecular weight is 583 g/mol. The van der Waals surface area contributed by atoms with E-state index in [4.69, 9.17) is 18.1 Å². The number of hydrogen-bond acceptors (Lipinski definition) is 1. The molecule has 0 atom stereocenters. The Morgan fingerprint density at radius 1 is 0.333 bits per heavy atom. The molecule has 1 aromatic heterocycles. The van der Waals surface area contributed by atoms with Gasteiger partial charge in [0.05, 0.1) is 13.7 Å². The molecule has 0 radical (unpaired) electrons. The van der Waals surface area contributed by atoms with Crippen LogP contribution in [0, 0.1) is 0 Å². The second-order valence-electron chi connectivity index (χ2n) is 10.9. The molecular formula is C44H28O. The van der Waals surface area contributed by atoms with Crippen LogP contribution in [0.15, 0.2) is 174 Å². The van der Waals surface area contributed by atoms with Crippen LogP contribution >= 0.6 is 0 Å². The highest BCUT2D eigenvalue weighted by molar-refractivity contribution is 6.22. The van der Waals surface area contributed by atoms with Crippen molar-refractivity contribution >= 4 is 43.5 Å². The van der Waals surface area contributed by atoms with Gasteiger partial charge in [-0.15, -0.1) is 0 Å². The summed E-state index contributed by atoms with van der Waals surface area (Å²) in [7, 11) is 0.